The van der Waals surface area contributed by atoms with Crippen LogP contribution in [0.15, 0.2) is 0 Å². The standard InChI is InChI=1S/C16H33F3N.ClH/c1-2-3-4-5-6-7-8-9-10-11-12-13-14-15-16-20(17,18)19;/h2-16H2,1H3;1H/q+1;/p-1. The SMILES string of the molecule is CCCCCCCCCCCCCCCC[N+](F)(F)F.[Cl-]. The fourth-order valence-electron chi connectivity index (χ4n) is 2.49. The first-order valence-corrected chi connectivity index (χ1v) is 8.53. The van der Waals surface area contributed by atoms with Gasteiger partial charge < -0.3 is 12.4 Å². The van der Waals surface area contributed by atoms with E-state index in [0.717, 1.165) is 19.3 Å². The smallest absolute Gasteiger partial charge is 0.244 e. The highest BCUT2D eigenvalue weighted by atomic mass is 35.5. The average Bonchev–Trinajstić information content (AvgIpc) is 2.38. The molecule has 0 aliphatic carbocycles. The minimum Gasteiger partial charge on any atom is -1.00 e. The van der Waals surface area contributed by atoms with Crippen LogP contribution in [0.5, 0.6) is 0 Å². The van der Waals surface area contributed by atoms with Crippen LogP contribution in [0.1, 0.15) is 96.8 Å². The Morgan fingerprint density at radius 2 is 0.810 bits per heavy atom. The molecule has 0 bridgehead atoms. The van der Waals surface area contributed by atoms with Crippen molar-refractivity contribution in [1.82, 2.24) is 0 Å². The van der Waals surface area contributed by atoms with Gasteiger partial charge in [-0.2, -0.15) is 0 Å². The maximum Gasteiger partial charge on any atom is 0.244 e. The summed E-state index contributed by atoms with van der Waals surface area (Å²) in [6, 6.07) is 0. The summed E-state index contributed by atoms with van der Waals surface area (Å²) in [5.74, 6) is 0. The van der Waals surface area contributed by atoms with Gasteiger partial charge >= 0.3 is 0 Å². The van der Waals surface area contributed by atoms with Crippen LogP contribution in [0, 0.1) is 0 Å². The summed E-state index contributed by atoms with van der Waals surface area (Å²) >= 11 is 0. The third-order valence-electron chi connectivity index (χ3n) is 3.77. The molecule has 0 radical (unpaired) electrons. The minimum atomic E-state index is -3.38. The van der Waals surface area contributed by atoms with E-state index in [-0.39, 0.29) is 18.8 Å². The topological polar surface area (TPSA) is 0 Å². The molecule has 0 aliphatic rings. The number of rotatable bonds is 15. The molecule has 1 nitrogen and oxygen atoms in total. The van der Waals surface area contributed by atoms with Gasteiger partial charge in [-0.15, -0.1) is 0 Å². The van der Waals surface area contributed by atoms with Gasteiger partial charge in [0.15, 0.2) is 6.54 Å². The summed E-state index contributed by atoms with van der Waals surface area (Å²) in [5, 5.41) is -3.38. The molecule has 0 N–H and O–H groups in total. The first-order valence-electron chi connectivity index (χ1n) is 8.53. The lowest BCUT2D eigenvalue weighted by Crippen LogP contribution is -3.00. The summed E-state index contributed by atoms with van der Waals surface area (Å²) in [7, 11) is 0. The lowest BCUT2D eigenvalue weighted by Gasteiger charge is -2.03. The van der Waals surface area contributed by atoms with Crippen molar-refractivity contribution in [2.75, 3.05) is 6.54 Å². The van der Waals surface area contributed by atoms with Gasteiger partial charge in [0.1, 0.15) is 0 Å². The fraction of sp³-hybridized carbons (Fsp3) is 1.00. The number of quaternary nitrogens is 1. The zero-order valence-corrected chi connectivity index (χ0v) is 14.3. The molecule has 0 fully saturated rings. The summed E-state index contributed by atoms with van der Waals surface area (Å²) in [6.45, 7) is 1.57. The van der Waals surface area contributed by atoms with Crippen molar-refractivity contribution in [2.45, 2.75) is 96.8 Å². The molecule has 0 saturated heterocycles. The molecule has 130 valence electrons. The molecule has 0 spiro atoms. The number of halogens is 4. The Morgan fingerprint density at radius 1 is 0.524 bits per heavy atom. The van der Waals surface area contributed by atoms with Gasteiger partial charge in [-0.25, -0.2) is 0 Å². The van der Waals surface area contributed by atoms with E-state index in [4.69, 9.17) is 0 Å². The van der Waals surface area contributed by atoms with Crippen molar-refractivity contribution < 1.29 is 31.0 Å². The molecule has 0 aliphatic heterocycles. The lowest BCUT2D eigenvalue weighted by molar-refractivity contribution is -1.27. The van der Waals surface area contributed by atoms with Gasteiger partial charge in [-0.1, -0.05) is 84.0 Å². The molecule has 0 saturated carbocycles. The maximum absolute atomic E-state index is 11.8. The van der Waals surface area contributed by atoms with Gasteiger partial charge in [0.25, 0.3) is 0 Å². The maximum atomic E-state index is 11.8. The number of unbranched alkanes of at least 4 members (excludes halogenated alkanes) is 13. The summed E-state index contributed by atoms with van der Waals surface area (Å²) in [6.07, 6.45) is 16.3. The third-order valence-corrected chi connectivity index (χ3v) is 3.77. The van der Waals surface area contributed by atoms with E-state index < -0.39 is 11.7 Å². The monoisotopic (exact) mass is 331 g/mol. The van der Waals surface area contributed by atoms with Gasteiger partial charge in [0, 0.05) is 6.42 Å². The van der Waals surface area contributed by atoms with Crippen LogP contribution in [0.3, 0.4) is 0 Å². The first kappa shape index (κ1) is 23.3. The van der Waals surface area contributed by atoms with Crippen molar-refractivity contribution in [2.24, 2.45) is 0 Å². The summed E-state index contributed by atoms with van der Waals surface area (Å²) in [4.78, 5) is 0. The van der Waals surface area contributed by atoms with Crippen molar-refractivity contribution in [3.8, 4) is 0 Å². The van der Waals surface area contributed by atoms with Gasteiger partial charge in [-0.05, 0) is 6.42 Å². The Hall–Kier alpha value is 0.0400. The highest BCUT2D eigenvalue weighted by Crippen LogP contribution is 2.15. The van der Waals surface area contributed by atoms with Crippen molar-refractivity contribution in [3.63, 3.8) is 0 Å². The van der Waals surface area contributed by atoms with Crippen LogP contribution in [-0.4, -0.2) is 11.7 Å². The molecule has 0 unspecified atom stereocenters. The Balaban J connectivity index is 0. The van der Waals surface area contributed by atoms with E-state index in [1.807, 2.05) is 0 Å². The van der Waals surface area contributed by atoms with Crippen molar-refractivity contribution >= 4 is 0 Å². The van der Waals surface area contributed by atoms with Crippen LogP contribution in [0.2, 0.25) is 0 Å². The molecule has 0 amide bonds. The van der Waals surface area contributed by atoms with E-state index in [1.165, 1.54) is 64.2 Å². The number of nitrogens with zero attached hydrogens (tertiary/aromatic N) is 1. The van der Waals surface area contributed by atoms with Gasteiger partial charge in [0.05, 0.1) is 13.4 Å². The van der Waals surface area contributed by atoms with Crippen LogP contribution in [0.4, 0.5) is 13.4 Å². The summed E-state index contributed by atoms with van der Waals surface area (Å²) < 4.78 is 35.5. The normalized spacial score (nSPS) is 11.4. The molecule has 21 heavy (non-hydrogen) atoms. The van der Waals surface area contributed by atoms with Gasteiger partial charge in [-0.3, -0.25) is 0 Å². The second-order valence-electron chi connectivity index (χ2n) is 5.87. The lowest BCUT2D eigenvalue weighted by atomic mass is 10.0. The van der Waals surface area contributed by atoms with Gasteiger partial charge in [0.2, 0.25) is 5.15 Å². The van der Waals surface area contributed by atoms with E-state index in [2.05, 4.69) is 6.92 Å². The van der Waals surface area contributed by atoms with E-state index in [1.54, 1.807) is 0 Å². The highest BCUT2D eigenvalue weighted by molar-refractivity contribution is 4.49. The minimum absolute atomic E-state index is 0. The molecule has 0 atom stereocenters. The quantitative estimate of drug-likeness (QED) is 0.315. The Bertz CT molecular complexity index is 198. The highest BCUT2D eigenvalue weighted by Gasteiger charge is 2.29. The first-order chi connectivity index (χ1) is 9.56. The fourth-order valence-corrected chi connectivity index (χ4v) is 2.49. The molecule has 5 heteroatoms. The van der Waals surface area contributed by atoms with Crippen molar-refractivity contribution in [1.29, 1.82) is 0 Å². The van der Waals surface area contributed by atoms with E-state index >= 15 is 0 Å². The van der Waals surface area contributed by atoms with Crippen LogP contribution in [-0.2, 0) is 0 Å². The van der Waals surface area contributed by atoms with Crippen LogP contribution >= 0.6 is 0 Å². The van der Waals surface area contributed by atoms with E-state index in [0.29, 0.717) is 0 Å². The Labute approximate surface area is 135 Å². The third kappa shape index (κ3) is 22.5. The second-order valence-corrected chi connectivity index (χ2v) is 5.87. The Kier molecular flexibility index (Phi) is 18.2. The summed E-state index contributed by atoms with van der Waals surface area (Å²) in [5.41, 5.74) is 0. The molecular weight excluding hydrogens is 299 g/mol. The molecular formula is C16H33ClF3N. The van der Waals surface area contributed by atoms with Crippen LogP contribution < -0.4 is 12.4 Å². The molecule has 0 aromatic carbocycles. The molecule has 0 heterocycles. The zero-order chi connectivity index (χ0) is 15.1. The molecule has 0 rings (SSSR count). The zero-order valence-electron chi connectivity index (χ0n) is 13.6. The predicted octanol–water partition coefficient (Wildman–Crippen LogP) is 3.94. The Morgan fingerprint density at radius 3 is 1.10 bits per heavy atom. The largest absolute Gasteiger partial charge is 1.00 e. The number of hydrogen-bond acceptors (Lipinski definition) is 0. The second kappa shape index (κ2) is 16.4. The van der Waals surface area contributed by atoms with Crippen molar-refractivity contribution in [3.05, 3.63) is 0 Å². The number of hydrogen-bond donors (Lipinski definition) is 0. The molecule has 0 aromatic heterocycles. The van der Waals surface area contributed by atoms with Crippen LogP contribution in [0.25, 0.3) is 0 Å². The van der Waals surface area contributed by atoms with E-state index in [9.17, 15) is 13.4 Å². The average molecular weight is 332 g/mol. The predicted molar refractivity (Wildman–Crippen MR) is 78.8 cm³/mol. The molecule has 0 aromatic rings.